The van der Waals surface area contributed by atoms with Crippen molar-refractivity contribution < 1.29 is 19.4 Å². The van der Waals surface area contributed by atoms with Crippen molar-refractivity contribution in [2.75, 3.05) is 27.2 Å². The Bertz CT molecular complexity index is 240. The van der Waals surface area contributed by atoms with Gasteiger partial charge in [0, 0.05) is 6.54 Å². The zero-order chi connectivity index (χ0) is 11.8. The molecule has 0 saturated carbocycles. The van der Waals surface area contributed by atoms with Gasteiger partial charge in [-0.15, -0.1) is 0 Å². The number of hydrogen-bond donors (Lipinski definition) is 2. The SMILES string of the molecule is C=CCOC(=O)N[C@@H](CN(C)C)C(=O)O. The van der Waals surface area contributed by atoms with Gasteiger partial charge in [-0.3, -0.25) is 0 Å². The van der Waals surface area contributed by atoms with Crippen molar-refractivity contribution in [1.29, 1.82) is 0 Å². The fourth-order valence-electron chi connectivity index (χ4n) is 0.869. The molecule has 6 nitrogen and oxygen atoms in total. The molecule has 86 valence electrons. The van der Waals surface area contributed by atoms with E-state index in [1.165, 1.54) is 6.08 Å². The average Bonchev–Trinajstić information content (AvgIpc) is 2.12. The van der Waals surface area contributed by atoms with E-state index in [9.17, 15) is 9.59 Å². The van der Waals surface area contributed by atoms with Crippen LogP contribution < -0.4 is 5.32 Å². The maximum atomic E-state index is 11.0. The number of carboxylic acid groups (broad SMARTS) is 1. The molecule has 6 heteroatoms. The van der Waals surface area contributed by atoms with Gasteiger partial charge < -0.3 is 20.1 Å². The molecule has 0 aliphatic carbocycles. The number of amides is 1. The molecule has 2 N–H and O–H groups in total. The molecular formula is C9H16N2O4. The van der Waals surface area contributed by atoms with Gasteiger partial charge in [0.25, 0.3) is 0 Å². The van der Waals surface area contributed by atoms with Crippen molar-refractivity contribution in [2.45, 2.75) is 6.04 Å². The van der Waals surface area contributed by atoms with Gasteiger partial charge in [0.2, 0.25) is 0 Å². The summed E-state index contributed by atoms with van der Waals surface area (Å²) in [4.78, 5) is 23.4. The molecule has 0 spiro atoms. The summed E-state index contributed by atoms with van der Waals surface area (Å²) in [6.07, 6.45) is 0.644. The van der Waals surface area contributed by atoms with Crippen molar-refractivity contribution in [3.8, 4) is 0 Å². The number of ether oxygens (including phenoxy) is 1. The zero-order valence-corrected chi connectivity index (χ0v) is 8.90. The fourth-order valence-corrected chi connectivity index (χ4v) is 0.869. The van der Waals surface area contributed by atoms with E-state index in [0.717, 1.165) is 0 Å². The minimum Gasteiger partial charge on any atom is -0.480 e. The maximum absolute atomic E-state index is 11.0. The summed E-state index contributed by atoms with van der Waals surface area (Å²) in [6, 6.07) is -0.975. The Morgan fingerprint density at radius 3 is 2.60 bits per heavy atom. The minimum atomic E-state index is -1.10. The first-order chi connectivity index (χ1) is 6.97. The first-order valence-corrected chi connectivity index (χ1v) is 4.39. The summed E-state index contributed by atoms with van der Waals surface area (Å²) in [5.41, 5.74) is 0. The minimum absolute atomic E-state index is 0.0557. The number of nitrogens with zero attached hydrogens (tertiary/aromatic N) is 1. The Labute approximate surface area is 88.5 Å². The van der Waals surface area contributed by atoms with Crippen molar-refractivity contribution in [3.63, 3.8) is 0 Å². The third-order valence-corrected chi connectivity index (χ3v) is 1.47. The van der Waals surface area contributed by atoms with Crippen LogP contribution in [0.2, 0.25) is 0 Å². The van der Waals surface area contributed by atoms with E-state index in [0.29, 0.717) is 0 Å². The molecule has 1 amide bonds. The lowest BCUT2D eigenvalue weighted by Gasteiger charge is -2.18. The summed E-state index contributed by atoms with van der Waals surface area (Å²) in [6.45, 7) is 3.63. The van der Waals surface area contributed by atoms with Crippen LogP contribution in [0.1, 0.15) is 0 Å². The Morgan fingerprint density at radius 2 is 2.20 bits per heavy atom. The average molecular weight is 216 g/mol. The van der Waals surface area contributed by atoms with Crippen LogP contribution in [-0.4, -0.2) is 55.4 Å². The Kier molecular flexibility index (Phi) is 6.12. The molecule has 0 aliphatic heterocycles. The number of likely N-dealkylation sites (N-methyl/N-ethyl adjacent to an activating group) is 1. The summed E-state index contributed by atoms with van der Waals surface area (Å²) in [5, 5.41) is 11.0. The third-order valence-electron chi connectivity index (χ3n) is 1.47. The number of carbonyl (C=O) groups is 2. The lowest BCUT2D eigenvalue weighted by molar-refractivity contribution is -0.139. The highest BCUT2D eigenvalue weighted by molar-refractivity contribution is 5.80. The molecule has 0 aromatic carbocycles. The number of alkyl carbamates (subject to hydrolysis) is 1. The van der Waals surface area contributed by atoms with E-state index >= 15 is 0 Å². The molecule has 0 unspecified atom stereocenters. The lowest BCUT2D eigenvalue weighted by atomic mass is 10.3. The molecule has 0 saturated heterocycles. The van der Waals surface area contributed by atoms with Gasteiger partial charge in [-0.05, 0) is 14.1 Å². The van der Waals surface area contributed by atoms with Crippen LogP contribution in [0.5, 0.6) is 0 Å². The predicted octanol–water partition coefficient (Wildman–Crippen LogP) is -0.0866. The topological polar surface area (TPSA) is 78.9 Å². The van der Waals surface area contributed by atoms with Crippen molar-refractivity contribution in [1.82, 2.24) is 10.2 Å². The molecule has 15 heavy (non-hydrogen) atoms. The zero-order valence-electron chi connectivity index (χ0n) is 8.90. The van der Waals surface area contributed by atoms with Gasteiger partial charge in [-0.1, -0.05) is 12.7 Å². The second kappa shape index (κ2) is 6.83. The number of carbonyl (C=O) groups excluding carboxylic acids is 1. The van der Waals surface area contributed by atoms with Gasteiger partial charge in [0.05, 0.1) is 0 Å². The molecule has 1 atom stereocenters. The van der Waals surface area contributed by atoms with Crippen LogP contribution >= 0.6 is 0 Å². The Hall–Kier alpha value is -1.56. The molecule has 0 aromatic heterocycles. The predicted molar refractivity (Wildman–Crippen MR) is 54.7 cm³/mol. The highest BCUT2D eigenvalue weighted by atomic mass is 16.5. The van der Waals surface area contributed by atoms with E-state index < -0.39 is 18.1 Å². The highest BCUT2D eigenvalue weighted by Gasteiger charge is 2.20. The Morgan fingerprint density at radius 1 is 1.60 bits per heavy atom. The molecule has 0 aliphatic rings. The van der Waals surface area contributed by atoms with Crippen molar-refractivity contribution >= 4 is 12.1 Å². The molecule has 0 radical (unpaired) electrons. The number of rotatable bonds is 6. The third kappa shape index (κ3) is 6.50. The number of hydrogen-bond acceptors (Lipinski definition) is 4. The first kappa shape index (κ1) is 13.4. The molecule has 0 bridgehead atoms. The summed E-state index contributed by atoms with van der Waals surface area (Å²) >= 11 is 0. The highest BCUT2D eigenvalue weighted by Crippen LogP contribution is 1.89. The van der Waals surface area contributed by atoms with Crippen LogP contribution in [0, 0.1) is 0 Å². The van der Waals surface area contributed by atoms with Crippen LogP contribution in [0.15, 0.2) is 12.7 Å². The number of aliphatic carboxylic acids is 1. The smallest absolute Gasteiger partial charge is 0.408 e. The van der Waals surface area contributed by atoms with E-state index in [1.807, 2.05) is 0 Å². The van der Waals surface area contributed by atoms with Crippen LogP contribution in [0.25, 0.3) is 0 Å². The van der Waals surface area contributed by atoms with Gasteiger partial charge >= 0.3 is 12.1 Å². The van der Waals surface area contributed by atoms with Crippen molar-refractivity contribution in [2.24, 2.45) is 0 Å². The fraction of sp³-hybridized carbons (Fsp3) is 0.556. The van der Waals surface area contributed by atoms with Gasteiger partial charge in [0.15, 0.2) is 0 Å². The second-order valence-corrected chi connectivity index (χ2v) is 3.18. The normalized spacial score (nSPS) is 11.9. The van der Waals surface area contributed by atoms with Crippen LogP contribution in [0.4, 0.5) is 4.79 Å². The van der Waals surface area contributed by atoms with Gasteiger partial charge in [-0.2, -0.15) is 0 Å². The molecule has 0 fully saturated rings. The van der Waals surface area contributed by atoms with Crippen molar-refractivity contribution in [3.05, 3.63) is 12.7 Å². The standard InChI is InChI=1S/C9H16N2O4/c1-4-5-15-9(14)10-7(8(12)13)6-11(2)3/h4,7H,1,5-6H2,2-3H3,(H,10,14)(H,12,13)/t7-/m0/s1. The summed E-state index contributed by atoms with van der Waals surface area (Å²) in [7, 11) is 3.43. The molecule has 0 aromatic rings. The first-order valence-electron chi connectivity index (χ1n) is 4.39. The second-order valence-electron chi connectivity index (χ2n) is 3.18. The van der Waals surface area contributed by atoms with E-state index in [1.54, 1.807) is 19.0 Å². The number of nitrogens with one attached hydrogen (secondary N) is 1. The Balaban J connectivity index is 4.10. The van der Waals surface area contributed by atoms with Gasteiger partial charge in [0.1, 0.15) is 12.6 Å². The van der Waals surface area contributed by atoms with Crippen LogP contribution in [-0.2, 0) is 9.53 Å². The van der Waals surface area contributed by atoms with Gasteiger partial charge in [-0.25, -0.2) is 9.59 Å². The van der Waals surface area contributed by atoms with E-state index in [-0.39, 0.29) is 13.2 Å². The molecule has 0 heterocycles. The lowest BCUT2D eigenvalue weighted by Crippen LogP contribution is -2.47. The quantitative estimate of drug-likeness (QED) is 0.607. The number of carboxylic acids is 1. The summed E-state index contributed by atoms with van der Waals surface area (Å²) < 4.78 is 4.60. The van der Waals surface area contributed by atoms with E-state index in [4.69, 9.17) is 5.11 Å². The maximum Gasteiger partial charge on any atom is 0.408 e. The molecule has 0 rings (SSSR count). The largest absolute Gasteiger partial charge is 0.480 e. The monoisotopic (exact) mass is 216 g/mol. The molecular weight excluding hydrogens is 200 g/mol. The van der Waals surface area contributed by atoms with Crippen LogP contribution in [0.3, 0.4) is 0 Å². The summed E-state index contributed by atoms with van der Waals surface area (Å²) in [5.74, 6) is -1.10. The van der Waals surface area contributed by atoms with E-state index in [2.05, 4.69) is 16.6 Å².